The van der Waals surface area contributed by atoms with Crippen molar-refractivity contribution in [3.63, 3.8) is 0 Å². The fourth-order valence-electron chi connectivity index (χ4n) is 2.14. The van der Waals surface area contributed by atoms with Gasteiger partial charge in [-0.25, -0.2) is 4.98 Å². The van der Waals surface area contributed by atoms with Gasteiger partial charge in [0, 0.05) is 36.9 Å². The number of fused-ring (bicyclic) bond motifs is 1. The molecule has 5 nitrogen and oxygen atoms in total. The van der Waals surface area contributed by atoms with Crippen molar-refractivity contribution in [3.8, 4) is 0 Å². The largest absolute Gasteiger partial charge is 0.346 e. The lowest BCUT2D eigenvalue weighted by Gasteiger charge is -2.12. The van der Waals surface area contributed by atoms with E-state index in [0.29, 0.717) is 5.56 Å². The topological polar surface area (TPSA) is 61.0 Å². The Bertz CT molecular complexity index is 792. The number of amides is 1. The fourth-order valence-corrected chi connectivity index (χ4v) is 2.14. The molecule has 5 heteroatoms. The number of aromatic amines is 1. The number of carbonyl (C=O) groups is 1. The number of H-pyrrole nitrogens is 1. The molecule has 2 aromatic heterocycles. The SMILES string of the molecule is CN(C)C(=O)c1cccc(Nc2ccc3cc[nH]c3n2)c1. The Morgan fingerprint density at radius 3 is 2.86 bits per heavy atom. The lowest BCUT2D eigenvalue weighted by atomic mass is 10.2. The van der Waals surface area contributed by atoms with Crippen molar-refractivity contribution in [1.29, 1.82) is 0 Å². The minimum atomic E-state index is -0.0218. The van der Waals surface area contributed by atoms with E-state index in [0.717, 1.165) is 22.5 Å². The monoisotopic (exact) mass is 280 g/mol. The molecule has 1 amide bonds. The first-order valence-corrected chi connectivity index (χ1v) is 6.66. The Morgan fingerprint density at radius 1 is 1.19 bits per heavy atom. The third-order valence-electron chi connectivity index (χ3n) is 3.20. The summed E-state index contributed by atoms with van der Waals surface area (Å²) in [6, 6.07) is 13.3. The van der Waals surface area contributed by atoms with Crippen LogP contribution in [0.5, 0.6) is 0 Å². The van der Waals surface area contributed by atoms with Gasteiger partial charge in [0.25, 0.3) is 5.91 Å². The Hall–Kier alpha value is -2.82. The van der Waals surface area contributed by atoms with E-state index in [1.807, 2.05) is 42.6 Å². The molecule has 3 rings (SSSR count). The second-order valence-corrected chi connectivity index (χ2v) is 5.02. The normalized spacial score (nSPS) is 10.6. The number of anilines is 2. The first kappa shape index (κ1) is 13.2. The first-order valence-electron chi connectivity index (χ1n) is 6.66. The van der Waals surface area contributed by atoms with Gasteiger partial charge < -0.3 is 15.2 Å². The van der Waals surface area contributed by atoms with E-state index in [-0.39, 0.29) is 5.91 Å². The summed E-state index contributed by atoms with van der Waals surface area (Å²) in [5.74, 6) is 0.714. The number of benzene rings is 1. The molecular weight excluding hydrogens is 264 g/mol. The molecule has 0 unspecified atom stereocenters. The maximum atomic E-state index is 12.0. The van der Waals surface area contributed by atoms with Gasteiger partial charge in [0.2, 0.25) is 0 Å². The third kappa shape index (κ3) is 2.72. The van der Waals surface area contributed by atoms with Gasteiger partial charge in [-0.1, -0.05) is 6.07 Å². The van der Waals surface area contributed by atoms with E-state index in [1.165, 1.54) is 0 Å². The average molecular weight is 280 g/mol. The summed E-state index contributed by atoms with van der Waals surface area (Å²) in [5, 5.41) is 4.28. The molecule has 0 aliphatic rings. The van der Waals surface area contributed by atoms with E-state index in [2.05, 4.69) is 15.3 Å². The van der Waals surface area contributed by atoms with Crippen LogP contribution in [0.25, 0.3) is 11.0 Å². The molecule has 0 radical (unpaired) electrons. The van der Waals surface area contributed by atoms with Crippen LogP contribution in [0, 0.1) is 0 Å². The molecule has 21 heavy (non-hydrogen) atoms. The number of aromatic nitrogens is 2. The molecule has 106 valence electrons. The van der Waals surface area contributed by atoms with Crippen LogP contribution in [0.15, 0.2) is 48.7 Å². The second kappa shape index (κ2) is 5.28. The van der Waals surface area contributed by atoms with Crippen LogP contribution in [0.3, 0.4) is 0 Å². The zero-order chi connectivity index (χ0) is 14.8. The van der Waals surface area contributed by atoms with E-state index in [1.54, 1.807) is 25.1 Å². The van der Waals surface area contributed by atoms with Crippen molar-refractivity contribution in [2.75, 3.05) is 19.4 Å². The molecule has 2 heterocycles. The van der Waals surface area contributed by atoms with E-state index in [9.17, 15) is 4.79 Å². The summed E-state index contributed by atoms with van der Waals surface area (Å²) in [4.78, 5) is 21.1. The number of hydrogen-bond donors (Lipinski definition) is 2. The number of hydrogen-bond acceptors (Lipinski definition) is 3. The molecular formula is C16H16N4O. The van der Waals surface area contributed by atoms with Gasteiger partial charge in [-0.2, -0.15) is 0 Å². The summed E-state index contributed by atoms with van der Waals surface area (Å²) in [6.07, 6.45) is 1.86. The Labute approximate surface area is 122 Å². The third-order valence-corrected chi connectivity index (χ3v) is 3.20. The van der Waals surface area contributed by atoms with Crippen molar-refractivity contribution in [1.82, 2.24) is 14.9 Å². The van der Waals surface area contributed by atoms with Gasteiger partial charge in [-0.05, 0) is 36.4 Å². The van der Waals surface area contributed by atoms with Crippen molar-refractivity contribution in [2.45, 2.75) is 0 Å². The number of carbonyl (C=O) groups excluding carboxylic acids is 1. The Kier molecular flexibility index (Phi) is 3.31. The van der Waals surface area contributed by atoms with Crippen LogP contribution in [0.2, 0.25) is 0 Å². The molecule has 0 aliphatic heterocycles. The Balaban J connectivity index is 1.87. The molecule has 0 bridgehead atoms. The standard InChI is InChI=1S/C16H16N4O/c1-20(2)16(21)12-4-3-5-13(10-12)18-14-7-6-11-8-9-17-15(11)19-14/h3-10H,1-2H3,(H2,17,18,19). The lowest BCUT2D eigenvalue weighted by Crippen LogP contribution is -2.21. The maximum Gasteiger partial charge on any atom is 0.253 e. The summed E-state index contributed by atoms with van der Waals surface area (Å²) in [5.41, 5.74) is 2.31. The van der Waals surface area contributed by atoms with Crippen LogP contribution in [-0.2, 0) is 0 Å². The molecule has 0 atom stereocenters. The zero-order valence-electron chi connectivity index (χ0n) is 11.9. The molecule has 0 saturated carbocycles. The van der Waals surface area contributed by atoms with Crippen molar-refractivity contribution in [2.24, 2.45) is 0 Å². The minimum Gasteiger partial charge on any atom is -0.346 e. The van der Waals surface area contributed by atoms with E-state index < -0.39 is 0 Å². The lowest BCUT2D eigenvalue weighted by molar-refractivity contribution is 0.0827. The highest BCUT2D eigenvalue weighted by atomic mass is 16.2. The maximum absolute atomic E-state index is 12.0. The van der Waals surface area contributed by atoms with E-state index >= 15 is 0 Å². The number of rotatable bonds is 3. The van der Waals surface area contributed by atoms with Crippen LogP contribution in [0.4, 0.5) is 11.5 Å². The molecule has 0 fully saturated rings. The number of nitrogens with zero attached hydrogens (tertiary/aromatic N) is 2. The summed E-state index contributed by atoms with van der Waals surface area (Å²) < 4.78 is 0. The molecule has 2 N–H and O–H groups in total. The molecule has 1 aromatic carbocycles. The Morgan fingerprint density at radius 2 is 2.05 bits per heavy atom. The van der Waals surface area contributed by atoms with Gasteiger partial charge in [0.05, 0.1) is 0 Å². The van der Waals surface area contributed by atoms with Crippen LogP contribution >= 0.6 is 0 Å². The first-order chi connectivity index (χ1) is 10.1. The average Bonchev–Trinajstić information content (AvgIpc) is 2.94. The molecule has 0 spiro atoms. The minimum absolute atomic E-state index is 0.0218. The number of pyridine rings is 1. The van der Waals surface area contributed by atoms with Gasteiger partial charge in [-0.3, -0.25) is 4.79 Å². The predicted molar refractivity (Wildman–Crippen MR) is 83.8 cm³/mol. The summed E-state index contributed by atoms with van der Waals surface area (Å²) in [7, 11) is 3.48. The summed E-state index contributed by atoms with van der Waals surface area (Å²) >= 11 is 0. The van der Waals surface area contributed by atoms with Gasteiger partial charge in [-0.15, -0.1) is 0 Å². The van der Waals surface area contributed by atoms with Crippen molar-refractivity contribution < 1.29 is 4.79 Å². The zero-order valence-corrected chi connectivity index (χ0v) is 11.9. The smallest absolute Gasteiger partial charge is 0.253 e. The highest BCUT2D eigenvalue weighted by molar-refractivity contribution is 5.95. The molecule has 3 aromatic rings. The number of nitrogens with one attached hydrogen (secondary N) is 2. The quantitative estimate of drug-likeness (QED) is 0.775. The van der Waals surface area contributed by atoms with Crippen molar-refractivity contribution in [3.05, 3.63) is 54.2 Å². The summed E-state index contributed by atoms with van der Waals surface area (Å²) in [6.45, 7) is 0. The van der Waals surface area contributed by atoms with Crippen molar-refractivity contribution >= 4 is 28.4 Å². The van der Waals surface area contributed by atoms with Crippen LogP contribution in [0.1, 0.15) is 10.4 Å². The van der Waals surface area contributed by atoms with Gasteiger partial charge in [0.1, 0.15) is 11.5 Å². The van der Waals surface area contributed by atoms with Gasteiger partial charge in [0.15, 0.2) is 0 Å². The predicted octanol–water partition coefficient (Wildman–Crippen LogP) is 3.01. The van der Waals surface area contributed by atoms with Crippen LogP contribution < -0.4 is 5.32 Å². The van der Waals surface area contributed by atoms with Gasteiger partial charge >= 0.3 is 0 Å². The van der Waals surface area contributed by atoms with E-state index in [4.69, 9.17) is 0 Å². The molecule has 0 aliphatic carbocycles. The highest BCUT2D eigenvalue weighted by Crippen LogP contribution is 2.19. The highest BCUT2D eigenvalue weighted by Gasteiger charge is 2.08. The van der Waals surface area contributed by atoms with Crippen LogP contribution in [-0.4, -0.2) is 34.9 Å². The fraction of sp³-hybridized carbons (Fsp3) is 0.125. The molecule has 0 saturated heterocycles. The second-order valence-electron chi connectivity index (χ2n) is 5.02.